The Balaban J connectivity index is 1.27. The van der Waals surface area contributed by atoms with Gasteiger partial charge in [-0.2, -0.15) is 9.90 Å². The van der Waals surface area contributed by atoms with E-state index in [1.807, 2.05) is 31.2 Å². The van der Waals surface area contributed by atoms with Gasteiger partial charge in [-0.3, -0.25) is 0 Å². The highest BCUT2D eigenvalue weighted by Gasteiger charge is 2.25. The van der Waals surface area contributed by atoms with Gasteiger partial charge < -0.3 is 19.7 Å². The van der Waals surface area contributed by atoms with Crippen molar-refractivity contribution in [2.45, 2.75) is 19.5 Å². The molecule has 1 aromatic carbocycles. The number of ether oxygens (including phenoxy) is 2. The quantitative estimate of drug-likeness (QED) is 0.407. The standard InChI is InChI=1S/C23H25FN8O2/c1-15-9-18(33-8-7-32-6-5-16(24)13-32)11-25-23(15)34-17-3-4-20-19(10-17)22(27-14-26-20)29-21-12-28-31(2)30-21/h3-4,9-12,14,16H,5-8,13H2,1-2H3,(H,26,27,29,30)/p+1. The Bertz CT molecular complexity index is 1300. The number of quaternary nitrogens is 1. The van der Waals surface area contributed by atoms with Crippen LogP contribution in [0.1, 0.15) is 12.0 Å². The fraction of sp³-hybridized carbons (Fsp3) is 0.348. The van der Waals surface area contributed by atoms with Crippen LogP contribution < -0.4 is 19.7 Å². The predicted octanol–water partition coefficient (Wildman–Crippen LogP) is 2.00. The molecule has 5 rings (SSSR count). The van der Waals surface area contributed by atoms with Crippen molar-refractivity contribution in [2.75, 3.05) is 31.6 Å². The third-order valence-corrected chi connectivity index (χ3v) is 5.72. The van der Waals surface area contributed by atoms with E-state index in [0.29, 0.717) is 48.6 Å². The molecule has 1 fully saturated rings. The zero-order valence-corrected chi connectivity index (χ0v) is 19.0. The first kappa shape index (κ1) is 22.0. The number of benzene rings is 1. The van der Waals surface area contributed by atoms with E-state index >= 15 is 0 Å². The molecule has 4 aromatic rings. The van der Waals surface area contributed by atoms with Crippen LogP contribution in [0.25, 0.3) is 10.9 Å². The van der Waals surface area contributed by atoms with Crippen molar-refractivity contribution in [3.63, 3.8) is 0 Å². The van der Waals surface area contributed by atoms with E-state index in [9.17, 15) is 4.39 Å². The first-order valence-electron chi connectivity index (χ1n) is 11.2. The molecule has 1 aliphatic rings. The number of hydrogen-bond donors (Lipinski definition) is 2. The molecule has 3 aromatic heterocycles. The summed E-state index contributed by atoms with van der Waals surface area (Å²) in [6, 6.07) is 7.45. The molecule has 10 nitrogen and oxygen atoms in total. The SMILES string of the molecule is Cc1cc(OCC[NH+]2CCC(F)C2)cnc1Oc1ccc2ncnc(Nc3cnn(C)n3)c2c1. The van der Waals surface area contributed by atoms with Crippen LogP contribution in [-0.2, 0) is 7.05 Å². The minimum Gasteiger partial charge on any atom is -0.486 e. The largest absolute Gasteiger partial charge is 0.486 e. The highest BCUT2D eigenvalue weighted by atomic mass is 19.1. The number of aryl methyl sites for hydroxylation is 2. The van der Waals surface area contributed by atoms with Crippen molar-refractivity contribution in [2.24, 2.45) is 7.05 Å². The summed E-state index contributed by atoms with van der Waals surface area (Å²) < 4.78 is 25.2. The van der Waals surface area contributed by atoms with Gasteiger partial charge in [-0.1, -0.05) is 0 Å². The maximum atomic E-state index is 13.3. The number of nitrogens with zero attached hydrogens (tertiary/aromatic N) is 6. The highest BCUT2D eigenvalue weighted by Crippen LogP contribution is 2.30. The van der Waals surface area contributed by atoms with Gasteiger partial charge >= 0.3 is 0 Å². The van der Waals surface area contributed by atoms with Crippen LogP contribution in [0.5, 0.6) is 17.4 Å². The Kier molecular flexibility index (Phi) is 6.17. The maximum Gasteiger partial charge on any atom is 0.222 e. The van der Waals surface area contributed by atoms with E-state index in [2.05, 4.69) is 30.5 Å². The van der Waals surface area contributed by atoms with Gasteiger partial charge in [0, 0.05) is 24.4 Å². The van der Waals surface area contributed by atoms with Gasteiger partial charge in [0.05, 0.1) is 24.5 Å². The Labute approximate surface area is 195 Å². The Hall–Kier alpha value is -3.86. The summed E-state index contributed by atoms with van der Waals surface area (Å²) in [5, 5.41) is 12.2. The van der Waals surface area contributed by atoms with Gasteiger partial charge in [0.15, 0.2) is 12.0 Å². The summed E-state index contributed by atoms with van der Waals surface area (Å²) in [6.45, 7) is 4.65. The van der Waals surface area contributed by atoms with E-state index in [4.69, 9.17) is 9.47 Å². The number of pyridine rings is 1. The number of halogens is 1. The lowest BCUT2D eigenvalue weighted by molar-refractivity contribution is -0.888. The second kappa shape index (κ2) is 9.56. The van der Waals surface area contributed by atoms with Crippen molar-refractivity contribution < 1.29 is 18.8 Å². The monoisotopic (exact) mass is 465 g/mol. The molecule has 2 unspecified atom stereocenters. The molecule has 1 saturated heterocycles. The molecular weight excluding hydrogens is 439 g/mol. The van der Waals surface area contributed by atoms with Gasteiger partial charge in [-0.05, 0) is 31.2 Å². The van der Waals surface area contributed by atoms with Crippen LogP contribution >= 0.6 is 0 Å². The molecule has 0 amide bonds. The number of alkyl halides is 1. The molecular formula is C23H26FN8O2+. The lowest BCUT2D eigenvalue weighted by Crippen LogP contribution is -3.11. The Morgan fingerprint density at radius 3 is 2.85 bits per heavy atom. The Morgan fingerprint density at radius 1 is 1.18 bits per heavy atom. The topological polar surface area (TPSA) is 104 Å². The fourth-order valence-electron chi connectivity index (χ4n) is 3.98. The molecule has 0 saturated carbocycles. The van der Waals surface area contributed by atoms with Gasteiger partial charge in [0.1, 0.15) is 43.3 Å². The molecule has 11 heteroatoms. The molecule has 1 aliphatic heterocycles. The minimum atomic E-state index is -0.684. The molecule has 34 heavy (non-hydrogen) atoms. The summed E-state index contributed by atoms with van der Waals surface area (Å²) >= 11 is 0. The zero-order chi connectivity index (χ0) is 23.5. The first-order valence-corrected chi connectivity index (χ1v) is 11.2. The van der Waals surface area contributed by atoms with E-state index in [1.165, 1.54) is 16.0 Å². The molecule has 0 bridgehead atoms. The fourth-order valence-corrected chi connectivity index (χ4v) is 3.98. The predicted molar refractivity (Wildman–Crippen MR) is 123 cm³/mol. The molecule has 2 N–H and O–H groups in total. The van der Waals surface area contributed by atoms with Crippen molar-refractivity contribution in [3.05, 3.63) is 48.5 Å². The van der Waals surface area contributed by atoms with Crippen molar-refractivity contribution in [3.8, 4) is 17.4 Å². The summed E-state index contributed by atoms with van der Waals surface area (Å²) in [5.41, 5.74) is 1.61. The third-order valence-electron chi connectivity index (χ3n) is 5.72. The zero-order valence-electron chi connectivity index (χ0n) is 19.0. The van der Waals surface area contributed by atoms with Crippen LogP contribution in [-0.4, -0.2) is 62.4 Å². The van der Waals surface area contributed by atoms with Crippen molar-refractivity contribution in [1.82, 2.24) is 29.9 Å². The van der Waals surface area contributed by atoms with E-state index in [1.54, 1.807) is 19.4 Å². The number of likely N-dealkylation sites (tertiary alicyclic amines) is 1. The van der Waals surface area contributed by atoms with E-state index in [-0.39, 0.29) is 0 Å². The number of anilines is 2. The average Bonchev–Trinajstić information content (AvgIpc) is 3.43. The molecule has 0 spiro atoms. The van der Waals surface area contributed by atoms with Crippen LogP contribution in [0.15, 0.2) is 43.0 Å². The van der Waals surface area contributed by atoms with Crippen LogP contribution in [0, 0.1) is 6.92 Å². The number of hydrogen-bond acceptors (Lipinski definition) is 8. The molecule has 0 aliphatic carbocycles. The normalized spacial score (nSPS) is 17.7. The molecule has 176 valence electrons. The number of aromatic nitrogens is 6. The van der Waals surface area contributed by atoms with Crippen molar-refractivity contribution in [1.29, 1.82) is 0 Å². The van der Waals surface area contributed by atoms with Crippen LogP contribution in [0.4, 0.5) is 16.0 Å². The highest BCUT2D eigenvalue weighted by molar-refractivity contribution is 5.91. The van der Waals surface area contributed by atoms with Crippen molar-refractivity contribution >= 4 is 22.5 Å². The smallest absolute Gasteiger partial charge is 0.222 e. The second-order valence-electron chi connectivity index (χ2n) is 8.33. The maximum absolute atomic E-state index is 13.3. The average molecular weight is 466 g/mol. The first-order chi connectivity index (χ1) is 16.5. The van der Waals surface area contributed by atoms with Gasteiger partial charge in [-0.25, -0.2) is 19.3 Å². The summed E-state index contributed by atoms with van der Waals surface area (Å²) in [6.07, 6.45) is 4.71. The Morgan fingerprint density at radius 2 is 2.09 bits per heavy atom. The number of rotatable bonds is 8. The lowest BCUT2D eigenvalue weighted by atomic mass is 10.2. The van der Waals surface area contributed by atoms with Crippen LogP contribution in [0.2, 0.25) is 0 Å². The van der Waals surface area contributed by atoms with Crippen LogP contribution in [0.3, 0.4) is 0 Å². The lowest BCUT2D eigenvalue weighted by Gasteiger charge is -2.14. The third kappa shape index (κ3) is 5.04. The van der Waals surface area contributed by atoms with E-state index < -0.39 is 6.17 Å². The number of nitrogens with one attached hydrogen (secondary N) is 2. The molecule has 2 atom stereocenters. The number of fused-ring (bicyclic) bond motifs is 1. The molecule has 4 heterocycles. The summed E-state index contributed by atoms with van der Waals surface area (Å²) in [5.74, 6) is 2.94. The van der Waals surface area contributed by atoms with Gasteiger partial charge in [0.25, 0.3) is 0 Å². The summed E-state index contributed by atoms with van der Waals surface area (Å²) in [7, 11) is 1.75. The van der Waals surface area contributed by atoms with Gasteiger partial charge in [-0.15, -0.1) is 5.10 Å². The van der Waals surface area contributed by atoms with Gasteiger partial charge in [0.2, 0.25) is 5.88 Å². The summed E-state index contributed by atoms with van der Waals surface area (Å²) in [4.78, 5) is 15.8. The van der Waals surface area contributed by atoms with E-state index in [0.717, 1.165) is 29.6 Å². The minimum absolute atomic E-state index is 0.484. The molecule has 0 radical (unpaired) electrons. The second-order valence-corrected chi connectivity index (χ2v) is 8.33.